The minimum Gasteiger partial charge on any atom is -0.327 e. The number of carbonyl (C=O) groups is 1. The minimum absolute atomic E-state index is 0.0529. The lowest BCUT2D eigenvalue weighted by atomic mass is 10.3. The van der Waals surface area contributed by atoms with Gasteiger partial charge in [-0.1, -0.05) is 23.4 Å². The van der Waals surface area contributed by atoms with Crippen molar-refractivity contribution >= 4 is 34.3 Å². The topological polar surface area (TPSA) is 94.2 Å². The van der Waals surface area contributed by atoms with Gasteiger partial charge in [0.2, 0.25) is 0 Å². The van der Waals surface area contributed by atoms with Gasteiger partial charge >= 0.3 is 0 Å². The van der Waals surface area contributed by atoms with Crippen LogP contribution in [0, 0.1) is 10.1 Å². The maximum Gasteiger partial charge on any atom is 0.276 e. The lowest BCUT2D eigenvalue weighted by Crippen LogP contribution is -2.29. The molecule has 0 aliphatic carbocycles. The first kappa shape index (κ1) is 19.0. The van der Waals surface area contributed by atoms with Gasteiger partial charge in [0.25, 0.3) is 11.6 Å². The van der Waals surface area contributed by atoms with E-state index in [4.69, 9.17) is 0 Å². The Morgan fingerprint density at radius 2 is 1.76 bits per heavy atom. The lowest BCUT2D eigenvalue weighted by molar-refractivity contribution is -0.384. The molecule has 1 amide bonds. The zero-order chi connectivity index (χ0) is 20.2. The Labute approximate surface area is 173 Å². The van der Waals surface area contributed by atoms with Crippen LogP contribution < -0.4 is 0 Å². The monoisotopic (exact) mass is 425 g/mol. The Hall–Kier alpha value is -3.37. The predicted octanol–water partition coefficient (Wildman–Crippen LogP) is 4.14. The number of hydrogen-bond donors (Lipinski definition) is 0. The smallest absolute Gasteiger partial charge is 0.276 e. The fourth-order valence-electron chi connectivity index (χ4n) is 2.78. The summed E-state index contributed by atoms with van der Waals surface area (Å²) in [7, 11) is 0. The molecule has 0 radical (unpaired) electrons. The number of carbonyl (C=O) groups excluding carboxylic acids is 1. The Morgan fingerprint density at radius 1 is 1.07 bits per heavy atom. The number of amides is 1. The number of nitro groups is 1. The third-order valence-corrected chi connectivity index (χ3v) is 5.88. The summed E-state index contributed by atoms with van der Waals surface area (Å²) in [4.78, 5) is 27.5. The first-order valence-electron chi connectivity index (χ1n) is 8.61. The van der Waals surface area contributed by atoms with Crippen LogP contribution in [-0.4, -0.2) is 30.7 Å². The van der Waals surface area contributed by atoms with Gasteiger partial charge in [0.05, 0.1) is 29.9 Å². The maximum absolute atomic E-state index is 13.1. The third kappa shape index (κ3) is 4.39. The molecule has 0 atom stereocenters. The Balaban J connectivity index is 1.59. The molecule has 4 rings (SSSR count). The molecule has 0 saturated heterocycles. The van der Waals surface area contributed by atoms with E-state index in [9.17, 15) is 14.9 Å². The molecule has 0 unspecified atom stereocenters. The first-order chi connectivity index (χ1) is 14.1. The van der Waals surface area contributed by atoms with Crippen LogP contribution in [-0.2, 0) is 13.1 Å². The molecular formula is C19H15N5O3S2. The van der Waals surface area contributed by atoms with Crippen LogP contribution in [0.5, 0.6) is 0 Å². The van der Waals surface area contributed by atoms with Crippen molar-refractivity contribution in [1.82, 2.24) is 19.9 Å². The summed E-state index contributed by atoms with van der Waals surface area (Å²) in [6, 6.07) is 13.9. The third-order valence-electron chi connectivity index (χ3n) is 4.16. The highest BCUT2D eigenvalue weighted by molar-refractivity contribution is 7.10. The van der Waals surface area contributed by atoms with Gasteiger partial charge in [0.1, 0.15) is 0 Å². The lowest BCUT2D eigenvalue weighted by Gasteiger charge is -2.20. The molecule has 0 aliphatic heterocycles. The van der Waals surface area contributed by atoms with Crippen LogP contribution in [0.2, 0.25) is 0 Å². The number of hydrogen-bond acceptors (Lipinski definition) is 7. The van der Waals surface area contributed by atoms with Gasteiger partial charge in [0, 0.05) is 21.9 Å². The molecule has 146 valence electrons. The van der Waals surface area contributed by atoms with E-state index in [1.807, 2.05) is 35.0 Å². The molecule has 0 bridgehead atoms. The number of thiophene rings is 2. The van der Waals surface area contributed by atoms with E-state index in [1.165, 1.54) is 23.0 Å². The van der Waals surface area contributed by atoms with Crippen LogP contribution in [0.3, 0.4) is 0 Å². The van der Waals surface area contributed by atoms with E-state index in [1.54, 1.807) is 39.7 Å². The zero-order valence-electron chi connectivity index (χ0n) is 15.0. The molecule has 10 heteroatoms. The molecule has 29 heavy (non-hydrogen) atoms. The van der Waals surface area contributed by atoms with Crippen molar-refractivity contribution < 1.29 is 9.72 Å². The predicted molar refractivity (Wildman–Crippen MR) is 110 cm³/mol. The van der Waals surface area contributed by atoms with Crippen molar-refractivity contribution in [1.29, 1.82) is 0 Å². The number of benzene rings is 1. The molecule has 3 aromatic heterocycles. The van der Waals surface area contributed by atoms with Gasteiger partial charge in [-0.3, -0.25) is 14.9 Å². The van der Waals surface area contributed by atoms with Gasteiger partial charge < -0.3 is 4.90 Å². The molecule has 8 nitrogen and oxygen atoms in total. The molecule has 0 fully saturated rings. The summed E-state index contributed by atoms with van der Waals surface area (Å²) in [6.07, 6.45) is 1.50. The molecule has 0 spiro atoms. The Kier molecular flexibility index (Phi) is 5.45. The summed E-state index contributed by atoms with van der Waals surface area (Å²) in [6.45, 7) is 0.941. The van der Waals surface area contributed by atoms with Crippen LogP contribution in [0.15, 0.2) is 65.5 Å². The highest BCUT2D eigenvalue weighted by Crippen LogP contribution is 2.20. The van der Waals surface area contributed by atoms with E-state index < -0.39 is 4.92 Å². The molecule has 3 heterocycles. The molecule has 0 aliphatic rings. The van der Waals surface area contributed by atoms with Crippen LogP contribution in [0.4, 0.5) is 5.69 Å². The van der Waals surface area contributed by atoms with Crippen molar-refractivity contribution in [2.75, 3.05) is 0 Å². The average Bonchev–Trinajstić information content (AvgIpc) is 3.49. The van der Waals surface area contributed by atoms with Crippen LogP contribution in [0.1, 0.15) is 20.2 Å². The molecule has 4 aromatic rings. The summed E-state index contributed by atoms with van der Waals surface area (Å²) in [5, 5.41) is 22.9. The van der Waals surface area contributed by atoms with E-state index in [0.717, 1.165) is 9.75 Å². The normalized spacial score (nSPS) is 10.8. The number of nitrogens with zero attached hydrogens (tertiary/aromatic N) is 5. The van der Waals surface area contributed by atoms with Gasteiger partial charge in [-0.15, -0.1) is 27.8 Å². The Morgan fingerprint density at radius 3 is 2.34 bits per heavy atom. The van der Waals surface area contributed by atoms with Crippen molar-refractivity contribution in [3.63, 3.8) is 0 Å². The van der Waals surface area contributed by atoms with Crippen molar-refractivity contribution in [3.8, 4) is 5.69 Å². The van der Waals surface area contributed by atoms with E-state index in [-0.39, 0.29) is 17.3 Å². The van der Waals surface area contributed by atoms with E-state index in [0.29, 0.717) is 18.8 Å². The highest BCUT2D eigenvalue weighted by atomic mass is 32.1. The molecule has 0 N–H and O–H groups in total. The number of rotatable bonds is 7. The summed E-state index contributed by atoms with van der Waals surface area (Å²) >= 11 is 3.17. The summed E-state index contributed by atoms with van der Waals surface area (Å²) < 4.78 is 1.37. The molecule has 1 aromatic carbocycles. The maximum atomic E-state index is 13.1. The fraction of sp³-hybridized carbons (Fsp3) is 0.105. The number of non-ortho nitro benzene ring substituents is 1. The summed E-state index contributed by atoms with van der Waals surface area (Å²) in [5.41, 5.74) is 0.598. The van der Waals surface area contributed by atoms with Gasteiger partial charge in [0.15, 0.2) is 5.69 Å². The fourth-order valence-corrected chi connectivity index (χ4v) is 4.22. The first-order valence-corrected chi connectivity index (χ1v) is 10.4. The molecular weight excluding hydrogens is 410 g/mol. The second-order valence-corrected chi connectivity index (χ2v) is 8.21. The van der Waals surface area contributed by atoms with Gasteiger partial charge in [-0.2, -0.15) is 0 Å². The highest BCUT2D eigenvalue weighted by Gasteiger charge is 2.21. The number of nitro benzene ring substituents is 1. The zero-order valence-corrected chi connectivity index (χ0v) is 16.7. The van der Waals surface area contributed by atoms with Crippen molar-refractivity contribution in [3.05, 3.63) is 91.1 Å². The van der Waals surface area contributed by atoms with Crippen molar-refractivity contribution in [2.45, 2.75) is 13.1 Å². The number of aromatic nitrogens is 3. The Bertz CT molecular complexity index is 1090. The average molecular weight is 425 g/mol. The van der Waals surface area contributed by atoms with Crippen molar-refractivity contribution in [2.24, 2.45) is 0 Å². The van der Waals surface area contributed by atoms with Crippen LogP contribution in [0.25, 0.3) is 5.69 Å². The van der Waals surface area contributed by atoms with Gasteiger partial charge in [-0.25, -0.2) is 4.68 Å². The SMILES string of the molecule is O=C(c1cn(-c2cccc([N+](=O)[O-])c2)nn1)N(Cc1cccs1)Cc1cccs1. The quantitative estimate of drug-likeness (QED) is 0.328. The van der Waals surface area contributed by atoms with E-state index in [2.05, 4.69) is 10.3 Å². The second-order valence-electron chi connectivity index (χ2n) is 6.15. The molecule has 0 saturated carbocycles. The minimum atomic E-state index is -0.476. The second kappa shape index (κ2) is 8.33. The largest absolute Gasteiger partial charge is 0.327 e. The summed E-state index contributed by atoms with van der Waals surface area (Å²) in [5.74, 6) is -0.247. The van der Waals surface area contributed by atoms with E-state index >= 15 is 0 Å². The van der Waals surface area contributed by atoms with Crippen LogP contribution >= 0.6 is 22.7 Å². The standard InChI is InChI=1S/C19H15N5O3S2/c25-19(22(11-16-6-2-8-28-16)12-17-7-3-9-29-17)18-13-23(21-20-18)14-4-1-5-15(10-14)24(26)27/h1-10,13H,11-12H2. The van der Waals surface area contributed by atoms with Gasteiger partial charge in [-0.05, 0) is 29.0 Å².